The topological polar surface area (TPSA) is 123 Å². The molecule has 3 aromatic rings. The Balaban J connectivity index is 1.55. The van der Waals surface area contributed by atoms with Gasteiger partial charge in [-0.3, -0.25) is 4.79 Å². The van der Waals surface area contributed by atoms with Crippen LogP contribution in [-0.2, 0) is 18.6 Å². The van der Waals surface area contributed by atoms with Crippen LogP contribution >= 0.6 is 34.7 Å². The predicted octanol–water partition coefficient (Wildman–Crippen LogP) is 3.16. The zero-order valence-corrected chi connectivity index (χ0v) is 18.2. The van der Waals surface area contributed by atoms with Gasteiger partial charge in [-0.15, -0.1) is 11.3 Å². The number of nitrogens with two attached hydrogens (primary N) is 2. The summed E-state index contributed by atoms with van der Waals surface area (Å²) in [6.07, 6.45) is 1.20. The molecule has 29 heavy (non-hydrogen) atoms. The molecule has 0 saturated carbocycles. The zero-order chi connectivity index (χ0) is 20.8. The van der Waals surface area contributed by atoms with Gasteiger partial charge in [-0.1, -0.05) is 23.7 Å². The van der Waals surface area contributed by atoms with Crippen LogP contribution in [0.5, 0.6) is 0 Å². The fourth-order valence-electron chi connectivity index (χ4n) is 2.67. The van der Waals surface area contributed by atoms with Crippen LogP contribution in [0, 0.1) is 6.92 Å². The van der Waals surface area contributed by atoms with Gasteiger partial charge in [0.25, 0.3) is 5.56 Å². The maximum atomic E-state index is 12.5. The molecule has 0 aliphatic rings. The summed E-state index contributed by atoms with van der Waals surface area (Å²) in [7, 11) is 0. The van der Waals surface area contributed by atoms with Gasteiger partial charge in [-0.2, -0.15) is 16.8 Å². The molecular formula is C19H21ClN6OS2. The molecule has 0 amide bonds. The van der Waals surface area contributed by atoms with Crippen LogP contribution in [0.1, 0.15) is 28.3 Å². The van der Waals surface area contributed by atoms with E-state index in [9.17, 15) is 4.79 Å². The third-order valence-corrected chi connectivity index (χ3v) is 6.09. The van der Waals surface area contributed by atoms with Gasteiger partial charge in [0.05, 0.1) is 5.69 Å². The fourth-order valence-corrected chi connectivity index (χ4v) is 4.45. The molecule has 0 aliphatic carbocycles. The SMILES string of the molecule is Cc1nc(CCSCc2csc(N=C(N)N)n2)[nH]c(=O)c1Cc1ccc(Cl)cc1. The van der Waals surface area contributed by atoms with Crippen molar-refractivity contribution >= 4 is 45.8 Å². The Kier molecular flexibility index (Phi) is 7.29. The van der Waals surface area contributed by atoms with Crippen molar-refractivity contribution in [2.45, 2.75) is 25.5 Å². The first kappa shape index (κ1) is 21.4. The molecule has 0 bridgehead atoms. The van der Waals surface area contributed by atoms with Crippen molar-refractivity contribution in [2.24, 2.45) is 16.5 Å². The summed E-state index contributed by atoms with van der Waals surface area (Å²) in [6.45, 7) is 1.87. The molecular weight excluding hydrogens is 428 g/mol. The Morgan fingerprint density at radius 1 is 1.28 bits per heavy atom. The lowest BCUT2D eigenvalue weighted by molar-refractivity contribution is 0.874. The number of rotatable bonds is 8. The fraction of sp³-hybridized carbons (Fsp3) is 0.263. The second-order valence-corrected chi connectivity index (χ2v) is 8.72. The molecule has 10 heteroatoms. The zero-order valence-electron chi connectivity index (χ0n) is 15.8. The van der Waals surface area contributed by atoms with E-state index >= 15 is 0 Å². The Bertz CT molecular complexity index is 1060. The number of thiazole rings is 1. The predicted molar refractivity (Wildman–Crippen MR) is 121 cm³/mol. The number of hydrogen-bond acceptors (Lipinski definition) is 6. The van der Waals surface area contributed by atoms with Crippen LogP contribution < -0.4 is 17.0 Å². The van der Waals surface area contributed by atoms with Crippen LogP contribution in [0.25, 0.3) is 0 Å². The monoisotopic (exact) mass is 448 g/mol. The molecule has 3 rings (SSSR count). The summed E-state index contributed by atoms with van der Waals surface area (Å²) in [5.41, 5.74) is 14.0. The average Bonchev–Trinajstić information content (AvgIpc) is 3.10. The maximum Gasteiger partial charge on any atom is 0.254 e. The number of aromatic nitrogens is 3. The summed E-state index contributed by atoms with van der Waals surface area (Å²) >= 11 is 9.03. The quantitative estimate of drug-likeness (QED) is 0.276. The second kappa shape index (κ2) is 9.91. The van der Waals surface area contributed by atoms with Crippen LogP contribution in [0.4, 0.5) is 5.13 Å². The number of halogens is 1. The third kappa shape index (κ3) is 6.31. The Morgan fingerprint density at radius 3 is 2.72 bits per heavy atom. The van der Waals surface area contributed by atoms with Gasteiger partial charge in [-0.25, -0.2) is 9.97 Å². The van der Waals surface area contributed by atoms with Gasteiger partial charge in [0, 0.05) is 46.0 Å². The first-order chi connectivity index (χ1) is 13.9. The molecule has 0 aliphatic heterocycles. The van der Waals surface area contributed by atoms with E-state index in [1.807, 2.05) is 36.6 Å². The average molecular weight is 449 g/mol. The number of nitrogens with one attached hydrogen (secondary N) is 1. The third-order valence-electron chi connectivity index (χ3n) is 4.06. The minimum atomic E-state index is -0.0890. The highest BCUT2D eigenvalue weighted by atomic mass is 35.5. The number of aryl methyl sites for hydroxylation is 2. The number of nitrogens with zero attached hydrogens (tertiary/aromatic N) is 3. The first-order valence-electron chi connectivity index (χ1n) is 8.85. The molecule has 0 radical (unpaired) electrons. The van der Waals surface area contributed by atoms with Gasteiger partial charge >= 0.3 is 0 Å². The van der Waals surface area contributed by atoms with Crippen molar-refractivity contribution in [2.75, 3.05) is 5.75 Å². The maximum absolute atomic E-state index is 12.5. The Morgan fingerprint density at radius 2 is 2.03 bits per heavy atom. The van der Waals surface area contributed by atoms with E-state index in [1.165, 1.54) is 11.3 Å². The van der Waals surface area contributed by atoms with Gasteiger partial charge in [-0.05, 0) is 24.6 Å². The molecule has 0 saturated heterocycles. The molecule has 1 aromatic carbocycles. The minimum absolute atomic E-state index is 0.00320. The molecule has 0 unspecified atom stereocenters. The van der Waals surface area contributed by atoms with Gasteiger partial charge in [0.2, 0.25) is 5.13 Å². The van der Waals surface area contributed by atoms with E-state index in [1.54, 1.807) is 11.8 Å². The van der Waals surface area contributed by atoms with Gasteiger partial charge < -0.3 is 16.5 Å². The number of hydrogen-bond donors (Lipinski definition) is 3. The van der Waals surface area contributed by atoms with Crippen molar-refractivity contribution < 1.29 is 0 Å². The van der Waals surface area contributed by atoms with E-state index in [2.05, 4.69) is 19.9 Å². The standard InChI is InChI=1S/C19H21ClN6OS2/c1-11-15(8-12-2-4-13(20)5-3-12)17(27)25-16(23-11)6-7-28-9-14-10-29-19(24-14)26-18(21)22/h2-5,10H,6-9H2,1H3,(H,23,25,27)(H4,21,22,24,26). The summed E-state index contributed by atoms with van der Waals surface area (Å²) in [5, 5.41) is 3.17. The Labute approximate surface area is 181 Å². The molecule has 0 atom stereocenters. The molecule has 5 N–H and O–H groups in total. The number of guanidine groups is 1. The highest BCUT2D eigenvalue weighted by Crippen LogP contribution is 2.22. The molecule has 2 heterocycles. The lowest BCUT2D eigenvalue weighted by atomic mass is 10.1. The van der Waals surface area contributed by atoms with Gasteiger partial charge in [0.15, 0.2) is 5.96 Å². The Hall–Kier alpha value is -2.36. The molecule has 0 spiro atoms. The van der Waals surface area contributed by atoms with Crippen molar-refractivity contribution in [1.82, 2.24) is 15.0 Å². The number of H-pyrrole nitrogens is 1. The summed E-state index contributed by atoms with van der Waals surface area (Å²) in [6, 6.07) is 7.48. The molecule has 7 nitrogen and oxygen atoms in total. The van der Waals surface area contributed by atoms with Crippen molar-refractivity contribution in [3.63, 3.8) is 0 Å². The van der Waals surface area contributed by atoms with Crippen molar-refractivity contribution in [3.8, 4) is 0 Å². The molecule has 2 aromatic heterocycles. The molecule has 0 fully saturated rings. The molecule has 152 valence electrons. The first-order valence-corrected chi connectivity index (χ1v) is 11.3. The van der Waals surface area contributed by atoms with Crippen molar-refractivity contribution in [3.05, 3.63) is 73.4 Å². The summed E-state index contributed by atoms with van der Waals surface area (Å²) in [4.78, 5) is 28.3. The number of benzene rings is 1. The smallest absolute Gasteiger partial charge is 0.254 e. The van der Waals surface area contributed by atoms with E-state index in [0.717, 1.165) is 28.5 Å². The highest BCUT2D eigenvalue weighted by Gasteiger charge is 2.10. The van der Waals surface area contributed by atoms with Crippen LogP contribution in [-0.4, -0.2) is 26.7 Å². The van der Waals surface area contributed by atoms with Crippen LogP contribution in [0.2, 0.25) is 5.02 Å². The lowest BCUT2D eigenvalue weighted by Gasteiger charge is -2.08. The van der Waals surface area contributed by atoms with E-state index in [-0.39, 0.29) is 11.5 Å². The second-order valence-electron chi connectivity index (χ2n) is 6.34. The highest BCUT2D eigenvalue weighted by molar-refractivity contribution is 7.98. The normalized spacial score (nSPS) is 10.8. The van der Waals surface area contributed by atoms with Crippen molar-refractivity contribution in [1.29, 1.82) is 0 Å². The summed E-state index contributed by atoms with van der Waals surface area (Å²) < 4.78 is 0. The number of thioether (sulfide) groups is 1. The van der Waals surface area contributed by atoms with E-state index in [4.69, 9.17) is 23.1 Å². The van der Waals surface area contributed by atoms with Crippen LogP contribution in [0.3, 0.4) is 0 Å². The van der Waals surface area contributed by atoms with Gasteiger partial charge in [0.1, 0.15) is 5.82 Å². The van der Waals surface area contributed by atoms with Crippen LogP contribution in [0.15, 0.2) is 39.4 Å². The minimum Gasteiger partial charge on any atom is -0.370 e. The van der Waals surface area contributed by atoms with E-state index < -0.39 is 0 Å². The largest absolute Gasteiger partial charge is 0.370 e. The number of aliphatic imine (C=N–C) groups is 1. The number of aromatic amines is 1. The lowest BCUT2D eigenvalue weighted by Crippen LogP contribution is -2.21. The van der Waals surface area contributed by atoms with E-state index in [0.29, 0.717) is 34.4 Å². The summed E-state index contributed by atoms with van der Waals surface area (Å²) in [5.74, 6) is 2.25.